The van der Waals surface area contributed by atoms with Gasteiger partial charge in [0.1, 0.15) is 12.4 Å². The fraction of sp³-hybridized carbons (Fsp3) is 0.286. The molecule has 0 saturated heterocycles. The van der Waals surface area contributed by atoms with Crippen molar-refractivity contribution >= 4 is 34.5 Å². The summed E-state index contributed by atoms with van der Waals surface area (Å²) in [5, 5.41) is 11.1. The lowest BCUT2D eigenvalue weighted by atomic mass is 10.1. The lowest BCUT2D eigenvalue weighted by Crippen LogP contribution is -2.28. The summed E-state index contributed by atoms with van der Waals surface area (Å²) in [5.74, 6) is 0.0239. The molecule has 0 spiro atoms. The van der Waals surface area contributed by atoms with E-state index in [-0.39, 0.29) is 34.0 Å². The van der Waals surface area contributed by atoms with Gasteiger partial charge in [-0.2, -0.15) is 0 Å². The second-order valence-corrected chi connectivity index (χ2v) is 5.92. The number of likely N-dealkylation sites (N-methyl/N-ethyl adjacent to an activating group) is 1. The Kier molecular flexibility index (Phi) is 10.1. The van der Waals surface area contributed by atoms with E-state index in [1.807, 2.05) is 30.3 Å². The highest BCUT2D eigenvalue weighted by atomic mass is 79.9. The highest BCUT2D eigenvalue weighted by molar-refractivity contribution is 8.93. The van der Waals surface area contributed by atoms with E-state index in [1.54, 1.807) is 6.08 Å². The Morgan fingerprint density at radius 3 is 2.43 bits per heavy atom. The topological polar surface area (TPSA) is 72.7 Å². The average Bonchev–Trinajstić information content (AvgIpc) is 2.70. The first-order chi connectivity index (χ1) is 13.0. The van der Waals surface area contributed by atoms with E-state index < -0.39 is 4.92 Å². The van der Waals surface area contributed by atoms with E-state index in [0.29, 0.717) is 12.4 Å². The normalized spacial score (nSPS) is 10.7. The standard InChI is InChI=1S/C21H24N2O4.BrH/c1-3-22(4-2)14-15-27-21-13-11-18(23(25)26)16-19(21)20(24)12-10-17-8-6-5-7-9-17;/h5-13,16H,3-4,14-15H2,1-2H3;1H. The van der Waals surface area contributed by atoms with Crippen molar-refractivity contribution in [1.82, 2.24) is 4.90 Å². The number of nitro benzene ring substituents is 1. The van der Waals surface area contributed by atoms with Gasteiger partial charge in [0, 0.05) is 18.7 Å². The van der Waals surface area contributed by atoms with Crippen molar-refractivity contribution in [3.8, 4) is 5.75 Å². The quantitative estimate of drug-likeness (QED) is 0.226. The number of allylic oxidation sites excluding steroid dienone is 1. The smallest absolute Gasteiger partial charge is 0.270 e. The molecule has 0 unspecified atom stereocenters. The number of carbonyl (C=O) groups excluding carboxylic acids is 1. The molecule has 0 atom stereocenters. The first kappa shape index (κ1) is 23.5. The van der Waals surface area contributed by atoms with Crippen molar-refractivity contribution in [2.75, 3.05) is 26.2 Å². The van der Waals surface area contributed by atoms with E-state index in [2.05, 4.69) is 18.7 Å². The molecule has 2 rings (SSSR count). The molecule has 0 amide bonds. The molecule has 2 aromatic rings. The van der Waals surface area contributed by atoms with Crippen LogP contribution in [0.4, 0.5) is 5.69 Å². The highest BCUT2D eigenvalue weighted by Gasteiger charge is 2.16. The maximum absolute atomic E-state index is 12.6. The van der Waals surface area contributed by atoms with E-state index >= 15 is 0 Å². The van der Waals surface area contributed by atoms with Crippen molar-refractivity contribution < 1.29 is 14.5 Å². The largest absolute Gasteiger partial charge is 0.491 e. The molecule has 0 radical (unpaired) electrons. The first-order valence-electron chi connectivity index (χ1n) is 8.96. The Labute approximate surface area is 175 Å². The Morgan fingerprint density at radius 2 is 1.82 bits per heavy atom. The number of hydrogen-bond acceptors (Lipinski definition) is 5. The van der Waals surface area contributed by atoms with E-state index in [4.69, 9.17) is 4.74 Å². The molecule has 7 heteroatoms. The molecule has 150 valence electrons. The van der Waals surface area contributed by atoms with Crippen LogP contribution in [0, 0.1) is 10.1 Å². The molecule has 0 bridgehead atoms. The van der Waals surface area contributed by atoms with E-state index in [0.717, 1.165) is 25.2 Å². The zero-order valence-electron chi connectivity index (χ0n) is 16.0. The van der Waals surface area contributed by atoms with Crippen molar-refractivity contribution in [2.24, 2.45) is 0 Å². The molecule has 0 aliphatic heterocycles. The third-order valence-electron chi connectivity index (χ3n) is 4.23. The number of carbonyl (C=O) groups is 1. The van der Waals surface area contributed by atoms with Crippen molar-refractivity contribution in [3.05, 3.63) is 75.8 Å². The van der Waals surface area contributed by atoms with E-state index in [1.165, 1.54) is 24.3 Å². The summed E-state index contributed by atoms with van der Waals surface area (Å²) >= 11 is 0. The van der Waals surface area contributed by atoms with Crippen LogP contribution < -0.4 is 4.74 Å². The number of hydrogen-bond donors (Lipinski definition) is 0. The number of benzene rings is 2. The van der Waals surface area contributed by atoms with Crippen molar-refractivity contribution in [3.63, 3.8) is 0 Å². The van der Waals surface area contributed by atoms with Gasteiger partial charge in [0.2, 0.25) is 0 Å². The molecule has 0 saturated carbocycles. The summed E-state index contributed by atoms with van der Waals surface area (Å²) in [5.41, 5.74) is 0.929. The minimum atomic E-state index is -0.516. The van der Waals surface area contributed by atoms with Crippen LogP contribution in [-0.4, -0.2) is 41.8 Å². The summed E-state index contributed by atoms with van der Waals surface area (Å²) < 4.78 is 5.76. The van der Waals surface area contributed by atoms with Crippen molar-refractivity contribution in [2.45, 2.75) is 13.8 Å². The van der Waals surface area contributed by atoms with Gasteiger partial charge < -0.3 is 9.64 Å². The summed E-state index contributed by atoms with van der Waals surface area (Å²) in [6.07, 6.45) is 3.09. The van der Waals surface area contributed by atoms with Gasteiger partial charge >= 0.3 is 0 Å². The van der Waals surface area contributed by atoms with Crippen molar-refractivity contribution in [1.29, 1.82) is 0 Å². The van der Waals surface area contributed by atoms with Crippen LogP contribution in [-0.2, 0) is 0 Å². The van der Waals surface area contributed by atoms with Crippen LogP contribution in [0.1, 0.15) is 29.8 Å². The predicted molar refractivity (Wildman–Crippen MR) is 117 cm³/mol. The number of ketones is 1. The summed E-state index contributed by atoms with van der Waals surface area (Å²) in [6, 6.07) is 13.5. The number of rotatable bonds is 10. The maximum atomic E-state index is 12.6. The predicted octanol–water partition coefficient (Wildman–Crippen LogP) is 4.79. The van der Waals surface area contributed by atoms with Gasteiger partial charge in [-0.3, -0.25) is 14.9 Å². The van der Waals surface area contributed by atoms with Gasteiger partial charge in [-0.05, 0) is 30.8 Å². The first-order valence-corrected chi connectivity index (χ1v) is 8.96. The van der Waals surface area contributed by atoms with Crippen LogP contribution in [0.15, 0.2) is 54.6 Å². The van der Waals surface area contributed by atoms with Crippen LogP contribution in [0.25, 0.3) is 6.08 Å². The number of non-ortho nitro benzene ring substituents is 1. The fourth-order valence-electron chi connectivity index (χ4n) is 2.60. The number of nitrogens with zero attached hydrogens (tertiary/aromatic N) is 2. The molecule has 0 aliphatic rings. The highest BCUT2D eigenvalue weighted by Crippen LogP contribution is 2.25. The second-order valence-electron chi connectivity index (χ2n) is 5.92. The number of halogens is 1. The van der Waals surface area contributed by atoms with Gasteiger partial charge in [0.25, 0.3) is 5.69 Å². The minimum Gasteiger partial charge on any atom is -0.491 e. The van der Waals surface area contributed by atoms with Crippen LogP contribution in [0.2, 0.25) is 0 Å². The Bertz CT molecular complexity index is 805. The van der Waals surface area contributed by atoms with E-state index in [9.17, 15) is 14.9 Å². The Hall–Kier alpha value is -2.51. The lowest BCUT2D eigenvalue weighted by Gasteiger charge is -2.18. The number of ether oxygens (including phenoxy) is 1. The van der Waals surface area contributed by atoms with Gasteiger partial charge in [-0.1, -0.05) is 50.3 Å². The molecule has 0 N–H and O–H groups in total. The Balaban J connectivity index is 0.00000392. The van der Waals surface area contributed by atoms with Crippen LogP contribution >= 0.6 is 17.0 Å². The molecule has 0 heterocycles. The summed E-state index contributed by atoms with van der Waals surface area (Å²) in [4.78, 5) is 25.4. The Morgan fingerprint density at radius 1 is 1.14 bits per heavy atom. The molecule has 0 aliphatic carbocycles. The second kappa shape index (κ2) is 12.0. The van der Waals surface area contributed by atoms with Gasteiger partial charge in [0.05, 0.1) is 10.5 Å². The van der Waals surface area contributed by atoms with Gasteiger partial charge in [-0.15, -0.1) is 17.0 Å². The fourth-order valence-corrected chi connectivity index (χ4v) is 2.60. The average molecular weight is 449 g/mol. The molecular weight excluding hydrogens is 424 g/mol. The van der Waals surface area contributed by atoms with Gasteiger partial charge in [0.15, 0.2) is 5.78 Å². The molecule has 6 nitrogen and oxygen atoms in total. The molecule has 28 heavy (non-hydrogen) atoms. The number of nitro groups is 1. The SMILES string of the molecule is Br.CCN(CC)CCOc1ccc([N+](=O)[O-])cc1C(=O)C=Cc1ccccc1. The molecule has 2 aromatic carbocycles. The zero-order chi connectivity index (χ0) is 19.6. The third-order valence-corrected chi connectivity index (χ3v) is 4.23. The molecule has 0 aromatic heterocycles. The summed E-state index contributed by atoms with van der Waals surface area (Å²) in [6.45, 7) is 7.08. The lowest BCUT2D eigenvalue weighted by molar-refractivity contribution is -0.384. The maximum Gasteiger partial charge on any atom is 0.270 e. The van der Waals surface area contributed by atoms with Crippen LogP contribution in [0.5, 0.6) is 5.75 Å². The minimum absolute atomic E-state index is 0. The zero-order valence-corrected chi connectivity index (χ0v) is 17.8. The van der Waals surface area contributed by atoms with Gasteiger partial charge in [-0.25, -0.2) is 0 Å². The monoisotopic (exact) mass is 448 g/mol. The molecule has 0 fully saturated rings. The third kappa shape index (κ3) is 6.90. The molecular formula is C21H25BrN2O4. The summed E-state index contributed by atoms with van der Waals surface area (Å²) in [7, 11) is 0. The van der Waals surface area contributed by atoms with Crippen LogP contribution in [0.3, 0.4) is 0 Å².